The maximum atomic E-state index is 12.7. The molecule has 1 saturated heterocycles. The van der Waals surface area contributed by atoms with Gasteiger partial charge in [0.05, 0.1) is 12.5 Å². The van der Waals surface area contributed by atoms with Gasteiger partial charge in [0, 0.05) is 25.0 Å². The number of esters is 1. The van der Waals surface area contributed by atoms with E-state index in [1.54, 1.807) is 18.0 Å². The average Bonchev–Trinajstić information content (AvgIpc) is 3.00. The van der Waals surface area contributed by atoms with E-state index in [1.807, 2.05) is 29.5 Å². The fourth-order valence-corrected chi connectivity index (χ4v) is 3.03. The Kier molecular flexibility index (Phi) is 4.32. The van der Waals surface area contributed by atoms with Crippen molar-refractivity contribution < 1.29 is 14.3 Å². The Morgan fingerprint density at radius 1 is 1.39 bits per heavy atom. The lowest BCUT2D eigenvalue weighted by Crippen LogP contribution is -2.43. The van der Waals surface area contributed by atoms with Gasteiger partial charge in [-0.2, -0.15) is 0 Å². The zero-order chi connectivity index (χ0) is 16.4. The summed E-state index contributed by atoms with van der Waals surface area (Å²) in [6.07, 6.45) is 3.34. The summed E-state index contributed by atoms with van der Waals surface area (Å²) in [6, 6.07) is 5.77. The number of amides is 1. The van der Waals surface area contributed by atoms with Gasteiger partial charge in [-0.05, 0) is 38.8 Å². The molecule has 2 aromatic heterocycles. The van der Waals surface area contributed by atoms with Gasteiger partial charge < -0.3 is 14.0 Å². The normalized spacial score (nSPS) is 18.2. The lowest BCUT2D eigenvalue weighted by molar-refractivity contribution is -0.149. The number of carbonyl (C=O) groups is 2. The molecule has 6 heteroatoms. The molecule has 3 heterocycles. The van der Waals surface area contributed by atoms with Gasteiger partial charge in [0.2, 0.25) is 0 Å². The molecular formula is C17H21N3O3. The van der Waals surface area contributed by atoms with E-state index in [1.165, 1.54) is 0 Å². The molecule has 0 radical (unpaired) electrons. The van der Waals surface area contributed by atoms with E-state index in [9.17, 15) is 9.59 Å². The monoisotopic (exact) mass is 315 g/mol. The van der Waals surface area contributed by atoms with Crippen LogP contribution in [0.2, 0.25) is 0 Å². The second kappa shape index (κ2) is 6.40. The molecule has 1 unspecified atom stereocenters. The van der Waals surface area contributed by atoms with Crippen LogP contribution in [0, 0.1) is 12.8 Å². The van der Waals surface area contributed by atoms with Crippen LogP contribution in [0.15, 0.2) is 24.4 Å². The van der Waals surface area contributed by atoms with Crippen LogP contribution in [0.4, 0.5) is 0 Å². The Morgan fingerprint density at radius 3 is 2.96 bits per heavy atom. The summed E-state index contributed by atoms with van der Waals surface area (Å²) < 4.78 is 6.99. The third-order valence-corrected chi connectivity index (χ3v) is 4.24. The van der Waals surface area contributed by atoms with Gasteiger partial charge in [-0.25, -0.2) is 4.98 Å². The van der Waals surface area contributed by atoms with Gasteiger partial charge in [0.25, 0.3) is 5.91 Å². The SMILES string of the molecule is CCOC(=O)C1CCCN(C(=O)c2cn3c(C)cccc3n2)C1. The first-order valence-electron chi connectivity index (χ1n) is 8.00. The molecule has 0 bridgehead atoms. The number of imidazole rings is 1. The average molecular weight is 315 g/mol. The largest absolute Gasteiger partial charge is 0.466 e. The Hall–Kier alpha value is -2.37. The molecule has 23 heavy (non-hydrogen) atoms. The lowest BCUT2D eigenvalue weighted by Gasteiger charge is -2.31. The Balaban J connectivity index is 1.78. The van der Waals surface area contributed by atoms with Gasteiger partial charge in [-0.15, -0.1) is 0 Å². The zero-order valence-corrected chi connectivity index (χ0v) is 13.5. The minimum absolute atomic E-state index is 0.123. The summed E-state index contributed by atoms with van der Waals surface area (Å²) in [7, 11) is 0. The van der Waals surface area contributed by atoms with E-state index < -0.39 is 0 Å². The van der Waals surface area contributed by atoms with Crippen molar-refractivity contribution in [2.24, 2.45) is 5.92 Å². The molecule has 0 aromatic carbocycles. The number of aromatic nitrogens is 2. The standard InChI is InChI=1S/C17H21N3O3/c1-3-23-17(22)13-7-5-9-19(10-13)16(21)14-11-20-12(2)6-4-8-15(20)18-14/h4,6,8,11,13H,3,5,7,9-10H2,1-2H3. The first-order valence-corrected chi connectivity index (χ1v) is 8.00. The third-order valence-electron chi connectivity index (χ3n) is 4.24. The fourth-order valence-electron chi connectivity index (χ4n) is 3.03. The number of ether oxygens (including phenoxy) is 1. The number of pyridine rings is 1. The predicted octanol–water partition coefficient (Wildman–Crippen LogP) is 2.06. The van der Waals surface area contributed by atoms with E-state index >= 15 is 0 Å². The van der Waals surface area contributed by atoms with Crippen molar-refractivity contribution in [3.05, 3.63) is 35.8 Å². The van der Waals surface area contributed by atoms with Crippen LogP contribution >= 0.6 is 0 Å². The summed E-state index contributed by atoms with van der Waals surface area (Å²) in [5, 5.41) is 0. The van der Waals surface area contributed by atoms with Crippen molar-refractivity contribution in [2.75, 3.05) is 19.7 Å². The summed E-state index contributed by atoms with van der Waals surface area (Å²) in [5.41, 5.74) is 2.20. The Bertz CT molecular complexity index is 738. The number of likely N-dealkylation sites (tertiary alicyclic amines) is 1. The van der Waals surface area contributed by atoms with Gasteiger partial charge in [0.1, 0.15) is 11.3 Å². The van der Waals surface area contributed by atoms with Crippen LogP contribution in [-0.2, 0) is 9.53 Å². The maximum Gasteiger partial charge on any atom is 0.310 e. The van der Waals surface area contributed by atoms with Crippen LogP contribution in [0.5, 0.6) is 0 Å². The van der Waals surface area contributed by atoms with Crippen molar-refractivity contribution in [1.29, 1.82) is 0 Å². The van der Waals surface area contributed by atoms with Crippen LogP contribution in [0.1, 0.15) is 35.9 Å². The molecule has 1 atom stereocenters. The first kappa shape index (κ1) is 15.5. The van der Waals surface area contributed by atoms with Crippen molar-refractivity contribution in [3.63, 3.8) is 0 Å². The molecule has 0 saturated carbocycles. The molecule has 2 aromatic rings. The molecule has 0 aliphatic carbocycles. The van der Waals surface area contributed by atoms with Crippen molar-refractivity contribution in [2.45, 2.75) is 26.7 Å². The lowest BCUT2D eigenvalue weighted by atomic mass is 9.98. The van der Waals surface area contributed by atoms with Crippen molar-refractivity contribution >= 4 is 17.5 Å². The summed E-state index contributed by atoms with van der Waals surface area (Å²) in [6.45, 7) is 5.20. The zero-order valence-electron chi connectivity index (χ0n) is 13.5. The third kappa shape index (κ3) is 3.06. The predicted molar refractivity (Wildman–Crippen MR) is 85.2 cm³/mol. The maximum absolute atomic E-state index is 12.7. The van der Waals surface area contributed by atoms with Crippen LogP contribution in [-0.4, -0.2) is 45.9 Å². The van der Waals surface area contributed by atoms with E-state index in [0.717, 1.165) is 24.2 Å². The summed E-state index contributed by atoms with van der Waals surface area (Å²) >= 11 is 0. The van der Waals surface area contributed by atoms with E-state index in [-0.39, 0.29) is 17.8 Å². The number of aryl methyl sites for hydroxylation is 1. The van der Waals surface area contributed by atoms with E-state index in [4.69, 9.17) is 4.74 Å². The molecule has 1 aliphatic heterocycles. The first-order chi connectivity index (χ1) is 11.1. The Labute approximate surface area is 135 Å². The minimum Gasteiger partial charge on any atom is -0.466 e. The second-order valence-corrected chi connectivity index (χ2v) is 5.86. The number of nitrogens with zero attached hydrogens (tertiary/aromatic N) is 3. The highest BCUT2D eigenvalue weighted by atomic mass is 16.5. The summed E-state index contributed by atoms with van der Waals surface area (Å²) in [5.74, 6) is -0.565. The number of carbonyl (C=O) groups excluding carboxylic acids is 2. The topological polar surface area (TPSA) is 63.9 Å². The number of rotatable bonds is 3. The fraction of sp³-hybridized carbons (Fsp3) is 0.471. The van der Waals surface area contributed by atoms with Gasteiger partial charge in [0.15, 0.2) is 0 Å². The molecule has 3 rings (SSSR count). The number of fused-ring (bicyclic) bond motifs is 1. The van der Waals surface area contributed by atoms with Crippen molar-refractivity contribution in [1.82, 2.24) is 14.3 Å². The molecule has 6 nitrogen and oxygen atoms in total. The highest BCUT2D eigenvalue weighted by Gasteiger charge is 2.30. The van der Waals surface area contributed by atoms with Crippen molar-refractivity contribution in [3.8, 4) is 0 Å². The molecule has 122 valence electrons. The van der Waals surface area contributed by atoms with E-state index in [0.29, 0.717) is 25.4 Å². The quantitative estimate of drug-likeness (QED) is 0.813. The highest BCUT2D eigenvalue weighted by molar-refractivity contribution is 5.93. The minimum atomic E-state index is -0.230. The van der Waals surface area contributed by atoms with Crippen LogP contribution in [0.3, 0.4) is 0 Å². The van der Waals surface area contributed by atoms with Gasteiger partial charge in [-0.1, -0.05) is 6.07 Å². The number of hydrogen-bond donors (Lipinski definition) is 0. The molecule has 1 amide bonds. The number of hydrogen-bond acceptors (Lipinski definition) is 4. The highest BCUT2D eigenvalue weighted by Crippen LogP contribution is 2.20. The molecule has 1 fully saturated rings. The molecule has 0 spiro atoms. The summed E-state index contributed by atoms with van der Waals surface area (Å²) in [4.78, 5) is 30.7. The molecule has 1 aliphatic rings. The van der Waals surface area contributed by atoms with Crippen LogP contribution < -0.4 is 0 Å². The van der Waals surface area contributed by atoms with Crippen LogP contribution in [0.25, 0.3) is 5.65 Å². The number of piperidine rings is 1. The van der Waals surface area contributed by atoms with Gasteiger partial charge >= 0.3 is 5.97 Å². The molecule has 0 N–H and O–H groups in total. The second-order valence-electron chi connectivity index (χ2n) is 5.86. The Morgan fingerprint density at radius 2 is 2.22 bits per heavy atom. The smallest absolute Gasteiger partial charge is 0.310 e. The van der Waals surface area contributed by atoms with E-state index in [2.05, 4.69) is 4.98 Å². The molecular weight excluding hydrogens is 294 g/mol. The van der Waals surface area contributed by atoms with Gasteiger partial charge in [-0.3, -0.25) is 9.59 Å².